The third kappa shape index (κ3) is 4.72. The quantitative estimate of drug-likeness (QED) is 0.749. The summed E-state index contributed by atoms with van der Waals surface area (Å²) in [6.45, 7) is 7.49. The first kappa shape index (κ1) is 16.8. The topological polar surface area (TPSA) is 21.3 Å². The van der Waals surface area contributed by atoms with Crippen molar-refractivity contribution in [3.63, 3.8) is 0 Å². The van der Waals surface area contributed by atoms with E-state index in [2.05, 4.69) is 60.2 Å². The Labute approximate surface area is 137 Å². The van der Waals surface area contributed by atoms with E-state index in [1.54, 1.807) is 0 Å². The van der Waals surface area contributed by atoms with Crippen LogP contribution in [-0.4, -0.2) is 12.1 Å². The van der Waals surface area contributed by atoms with Crippen LogP contribution in [0, 0.1) is 5.92 Å². The van der Waals surface area contributed by atoms with Gasteiger partial charge in [-0.3, -0.25) is 0 Å². The summed E-state index contributed by atoms with van der Waals surface area (Å²) in [4.78, 5) is 0. The zero-order chi connectivity index (χ0) is 15.2. The van der Waals surface area contributed by atoms with Crippen LogP contribution in [0.25, 0.3) is 0 Å². The summed E-state index contributed by atoms with van der Waals surface area (Å²) in [6, 6.07) is 6.82. The van der Waals surface area contributed by atoms with Gasteiger partial charge in [0.05, 0.1) is 4.47 Å². The van der Waals surface area contributed by atoms with Crippen molar-refractivity contribution >= 4 is 15.9 Å². The Balaban J connectivity index is 2.13. The van der Waals surface area contributed by atoms with Gasteiger partial charge in [0, 0.05) is 18.2 Å². The second kappa shape index (κ2) is 8.19. The van der Waals surface area contributed by atoms with E-state index >= 15 is 0 Å². The minimum absolute atomic E-state index is 0.375. The van der Waals surface area contributed by atoms with Crippen LogP contribution in [0.15, 0.2) is 22.7 Å². The third-order valence-corrected chi connectivity index (χ3v) is 5.01. The molecule has 0 saturated heterocycles. The van der Waals surface area contributed by atoms with Crippen molar-refractivity contribution in [3.8, 4) is 5.75 Å². The van der Waals surface area contributed by atoms with Crippen LogP contribution < -0.4 is 10.1 Å². The van der Waals surface area contributed by atoms with Crippen LogP contribution in [-0.2, 0) is 6.54 Å². The summed E-state index contributed by atoms with van der Waals surface area (Å²) in [5.74, 6) is 1.74. The molecule has 1 aromatic carbocycles. The van der Waals surface area contributed by atoms with E-state index in [0.717, 1.165) is 16.8 Å². The molecule has 0 spiro atoms. The lowest BCUT2D eigenvalue weighted by molar-refractivity contribution is 0.0885. The number of rotatable bonds is 6. The molecule has 21 heavy (non-hydrogen) atoms. The molecule has 0 aromatic heterocycles. The van der Waals surface area contributed by atoms with Gasteiger partial charge in [-0.25, -0.2) is 0 Å². The van der Waals surface area contributed by atoms with Crippen molar-refractivity contribution in [1.82, 2.24) is 5.32 Å². The molecule has 1 fully saturated rings. The van der Waals surface area contributed by atoms with Gasteiger partial charge in [0.25, 0.3) is 0 Å². The summed E-state index contributed by atoms with van der Waals surface area (Å²) in [6.07, 6.45) is 6.75. The van der Waals surface area contributed by atoms with E-state index in [9.17, 15) is 0 Å². The highest BCUT2D eigenvalue weighted by Gasteiger charge is 2.26. The summed E-state index contributed by atoms with van der Waals surface area (Å²) >= 11 is 3.67. The van der Waals surface area contributed by atoms with E-state index in [-0.39, 0.29) is 0 Å². The largest absolute Gasteiger partial charge is 0.489 e. The highest BCUT2D eigenvalue weighted by molar-refractivity contribution is 9.10. The van der Waals surface area contributed by atoms with Gasteiger partial charge < -0.3 is 10.1 Å². The van der Waals surface area contributed by atoms with Gasteiger partial charge in [-0.1, -0.05) is 39.3 Å². The summed E-state index contributed by atoms with van der Waals surface area (Å²) < 4.78 is 7.54. The molecule has 2 atom stereocenters. The molecule has 0 bridgehead atoms. The Kier molecular flexibility index (Phi) is 6.56. The molecule has 1 saturated carbocycles. The van der Waals surface area contributed by atoms with Gasteiger partial charge in [-0.15, -0.1) is 0 Å². The lowest BCUT2D eigenvalue weighted by Crippen LogP contribution is -2.31. The summed E-state index contributed by atoms with van der Waals surface area (Å²) in [5.41, 5.74) is 1.25. The average molecular weight is 354 g/mol. The van der Waals surface area contributed by atoms with Gasteiger partial charge in [-0.05, 0) is 53.6 Å². The SMILES string of the molecule is CCC1CCCCC1Oc1c(Br)cccc1CNC(C)C. The normalized spacial score (nSPS) is 22.5. The van der Waals surface area contributed by atoms with Crippen molar-refractivity contribution in [2.45, 2.75) is 71.6 Å². The van der Waals surface area contributed by atoms with Crippen LogP contribution in [0.5, 0.6) is 5.75 Å². The average Bonchev–Trinajstić information content (AvgIpc) is 2.48. The molecule has 0 heterocycles. The van der Waals surface area contributed by atoms with Gasteiger partial charge in [0.1, 0.15) is 11.9 Å². The number of ether oxygens (including phenoxy) is 1. The number of halogens is 1. The molecule has 1 aromatic rings. The first-order chi connectivity index (χ1) is 10.1. The van der Waals surface area contributed by atoms with Crippen molar-refractivity contribution in [1.29, 1.82) is 0 Å². The molecule has 0 aliphatic heterocycles. The van der Waals surface area contributed by atoms with Crippen LogP contribution in [0.3, 0.4) is 0 Å². The Morgan fingerprint density at radius 3 is 2.76 bits per heavy atom. The van der Waals surface area contributed by atoms with Crippen molar-refractivity contribution in [2.24, 2.45) is 5.92 Å². The molecule has 2 nitrogen and oxygen atoms in total. The van der Waals surface area contributed by atoms with Gasteiger partial charge >= 0.3 is 0 Å². The zero-order valence-corrected chi connectivity index (χ0v) is 15.1. The van der Waals surface area contributed by atoms with Crippen LogP contribution >= 0.6 is 15.9 Å². The van der Waals surface area contributed by atoms with E-state index in [4.69, 9.17) is 4.74 Å². The smallest absolute Gasteiger partial charge is 0.138 e. The Hall–Kier alpha value is -0.540. The van der Waals surface area contributed by atoms with Crippen molar-refractivity contribution in [3.05, 3.63) is 28.2 Å². The van der Waals surface area contributed by atoms with E-state index in [1.807, 2.05) is 0 Å². The number of hydrogen-bond donors (Lipinski definition) is 1. The van der Waals surface area contributed by atoms with Crippen LogP contribution in [0.2, 0.25) is 0 Å². The predicted octanol–water partition coefficient (Wildman–Crippen LogP) is 5.29. The predicted molar refractivity (Wildman–Crippen MR) is 92.8 cm³/mol. The Morgan fingerprint density at radius 1 is 1.29 bits per heavy atom. The van der Waals surface area contributed by atoms with E-state index in [1.165, 1.54) is 37.7 Å². The molecule has 2 unspecified atom stereocenters. The third-order valence-electron chi connectivity index (χ3n) is 4.38. The van der Waals surface area contributed by atoms with Gasteiger partial charge in [0.15, 0.2) is 0 Å². The van der Waals surface area contributed by atoms with Crippen molar-refractivity contribution in [2.75, 3.05) is 0 Å². The molecular formula is C18H28BrNO. The maximum Gasteiger partial charge on any atom is 0.138 e. The molecule has 0 amide bonds. The Morgan fingerprint density at radius 2 is 2.05 bits per heavy atom. The highest BCUT2D eigenvalue weighted by Crippen LogP contribution is 2.35. The van der Waals surface area contributed by atoms with E-state index in [0.29, 0.717) is 18.1 Å². The first-order valence-electron chi connectivity index (χ1n) is 8.29. The minimum atomic E-state index is 0.375. The maximum absolute atomic E-state index is 6.47. The monoisotopic (exact) mass is 353 g/mol. The van der Waals surface area contributed by atoms with Crippen LogP contribution in [0.1, 0.15) is 58.4 Å². The fraction of sp³-hybridized carbons (Fsp3) is 0.667. The molecular weight excluding hydrogens is 326 g/mol. The minimum Gasteiger partial charge on any atom is -0.489 e. The fourth-order valence-electron chi connectivity index (χ4n) is 3.09. The standard InChI is InChI=1S/C18H28BrNO/c1-4-14-8-5-6-11-17(14)21-18-15(12-20-13(2)3)9-7-10-16(18)19/h7,9-10,13-14,17,20H,4-6,8,11-12H2,1-3H3. The molecule has 2 rings (SSSR count). The number of hydrogen-bond acceptors (Lipinski definition) is 2. The number of para-hydroxylation sites is 1. The molecule has 1 N–H and O–H groups in total. The van der Waals surface area contributed by atoms with Gasteiger partial charge in [-0.2, -0.15) is 0 Å². The Bertz CT molecular complexity index is 447. The summed E-state index contributed by atoms with van der Waals surface area (Å²) in [5, 5.41) is 3.49. The second-order valence-corrected chi connectivity index (χ2v) is 7.23. The number of benzene rings is 1. The zero-order valence-electron chi connectivity index (χ0n) is 13.5. The highest BCUT2D eigenvalue weighted by atomic mass is 79.9. The van der Waals surface area contributed by atoms with Crippen LogP contribution in [0.4, 0.5) is 0 Å². The molecule has 118 valence electrons. The summed E-state index contributed by atoms with van der Waals surface area (Å²) in [7, 11) is 0. The van der Waals surface area contributed by atoms with Gasteiger partial charge in [0.2, 0.25) is 0 Å². The number of nitrogens with one attached hydrogen (secondary N) is 1. The van der Waals surface area contributed by atoms with E-state index < -0.39 is 0 Å². The molecule has 0 radical (unpaired) electrons. The first-order valence-corrected chi connectivity index (χ1v) is 9.08. The van der Waals surface area contributed by atoms with Crippen molar-refractivity contribution < 1.29 is 4.74 Å². The second-order valence-electron chi connectivity index (χ2n) is 6.37. The molecule has 1 aliphatic rings. The lowest BCUT2D eigenvalue weighted by atomic mass is 9.84. The fourth-order valence-corrected chi connectivity index (χ4v) is 3.59. The molecule has 3 heteroatoms. The maximum atomic E-state index is 6.47. The molecule has 1 aliphatic carbocycles. The lowest BCUT2D eigenvalue weighted by Gasteiger charge is -2.32.